The Kier molecular flexibility index (Phi) is 7.57. The number of hydrogen-bond acceptors (Lipinski definition) is 8. The average Bonchev–Trinajstić information content (AvgIpc) is 2.92. The van der Waals surface area contributed by atoms with Gasteiger partial charge in [0.1, 0.15) is 5.70 Å². The van der Waals surface area contributed by atoms with Gasteiger partial charge in [0.2, 0.25) is 18.6 Å². The summed E-state index contributed by atoms with van der Waals surface area (Å²) in [5.41, 5.74) is 5.32. The Balaban J connectivity index is 2.10. The molecule has 2 amide bonds. The number of aliphatic hydroxyl groups excluding tert-OH is 1. The molecule has 0 saturated carbocycles. The largest absolute Gasteiger partial charge is 0.427 e. The zero-order chi connectivity index (χ0) is 22.8. The molecule has 4 atom stereocenters. The van der Waals surface area contributed by atoms with Crippen LogP contribution in [-0.2, 0) is 28.7 Å². The summed E-state index contributed by atoms with van der Waals surface area (Å²) in [7, 11) is 0. The number of carbonyl (C=O) groups is 4. The highest BCUT2D eigenvalue weighted by Crippen LogP contribution is 2.45. The Morgan fingerprint density at radius 3 is 2.43 bits per heavy atom. The summed E-state index contributed by atoms with van der Waals surface area (Å²) in [6, 6.07) is -0.306. The summed E-state index contributed by atoms with van der Waals surface area (Å²) in [6.07, 6.45) is -0.198. The van der Waals surface area contributed by atoms with E-state index >= 15 is 0 Å². The lowest BCUT2D eigenvalue weighted by molar-refractivity contribution is -0.175. The van der Waals surface area contributed by atoms with Gasteiger partial charge in [-0.15, -0.1) is 0 Å². The third kappa shape index (κ3) is 5.34. The Hall–Kier alpha value is -2.07. The number of hydrogen-bond donors (Lipinski definition) is 2. The van der Waals surface area contributed by atoms with Crippen molar-refractivity contribution in [3.05, 3.63) is 11.3 Å². The van der Waals surface area contributed by atoms with Gasteiger partial charge in [-0.1, -0.05) is 6.92 Å². The second kappa shape index (κ2) is 9.38. The lowest BCUT2D eigenvalue weighted by Gasteiger charge is -2.44. The van der Waals surface area contributed by atoms with Crippen LogP contribution in [0.5, 0.6) is 0 Å². The molecule has 2 aliphatic rings. The molecule has 0 radical (unpaired) electrons. The first kappa shape index (κ1) is 24.2. The summed E-state index contributed by atoms with van der Waals surface area (Å²) in [6.45, 7) is 7.89. The number of rotatable bonds is 9. The van der Waals surface area contributed by atoms with Gasteiger partial charge in [-0.05, 0) is 39.7 Å². The van der Waals surface area contributed by atoms with E-state index in [1.165, 1.54) is 16.7 Å². The molecule has 1 fully saturated rings. The van der Waals surface area contributed by atoms with E-state index in [1.807, 2.05) is 6.92 Å². The van der Waals surface area contributed by atoms with E-state index < -0.39 is 42.1 Å². The molecular formula is C20H30N2O7S. The van der Waals surface area contributed by atoms with Crippen molar-refractivity contribution in [3.8, 4) is 0 Å². The second-order valence-electron chi connectivity index (χ2n) is 8.72. The molecule has 9 nitrogen and oxygen atoms in total. The quantitative estimate of drug-likeness (QED) is 0.306. The minimum atomic E-state index is -0.829. The number of ether oxygens (including phenoxy) is 2. The van der Waals surface area contributed by atoms with Crippen molar-refractivity contribution in [2.45, 2.75) is 64.9 Å². The van der Waals surface area contributed by atoms with Crippen LogP contribution in [0.3, 0.4) is 0 Å². The summed E-state index contributed by atoms with van der Waals surface area (Å²) in [5, 5.41) is 9.84. The first-order chi connectivity index (χ1) is 13.8. The van der Waals surface area contributed by atoms with Gasteiger partial charge in [-0.3, -0.25) is 14.4 Å². The van der Waals surface area contributed by atoms with Crippen LogP contribution in [0.2, 0.25) is 0 Å². The van der Waals surface area contributed by atoms with Gasteiger partial charge in [0, 0.05) is 17.4 Å². The summed E-state index contributed by atoms with van der Waals surface area (Å²) in [5.74, 6) is -2.18. The Morgan fingerprint density at radius 1 is 1.27 bits per heavy atom. The van der Waals surface area contributed by atoms with E-state index in [0.29, 0.717) is 17.7 Å². The second-order valence-corrected chi connectivity index (χ2v) is 10.1. The Bertz CT molecular complexity index is 757. The van der Waals surface area contributed by atoms with Gasteiger partial charge >= 0.3 is 11.9 Å². The van der Waals surface area contributed by atoms with Crippen LogP contribution in [0, 0.1) is 11.3 Å². The van der Waals surface area contributed by atoms with Crippen LogP contribution in [0.15, 0.2) is 11.3 Å². The van der Waals surface area contributed by atoms with Crippen LogP contribution in [0.4, 0.5) is 0 Å². The standard InChI is InChI=1S/C20H30N2O7S/c1-10(6-14(21)24)30-8-12-7-13-15(11(2)23)17(25)22(13)16(12)18(26)28-9-29-19(27)20(3,4)5/h10-11,13,15,23H,6-9H2,1-5H3,(H2,21,24). The highest BCUT2D eigenvalue weighted by molar-refractivity contribution is 8.00. The number of aliphatic hydroxyl groups is 1. The third-order valence-electron chi connectivity index (χ3n) is 5.04. The van der Waals surface area contributed by atoms with Crippen molar-refractivity contribution in [2.75, 3.05) is 12.5 Å². The number of esters is 2. The van der Waals surface area contributed by atoms with Crippen LogP contribution in [0.25, 0.3) is 0 Å². The van der Waals surface area contributed by atoms with Crippen molar-refractivity contribution >= 4 is 35.5 Å². The number of nitrogens with zero attached hydrogens (tertiary/aromatic N) is 1. The SMILES string of the molecule is CC(CC(N)=O)SCC1=C(C(=O)OCOC(=O)C(C)(C)C)N2C(=O)C(C(C)O)C2C1. The van der Waals surface area contributed by atoms with E-state index in [1.54, 1.807) is 27.7 Å². The van der Waals surface area contributed by atoms with Gasteiger partial charge in [0.05, 0.1) is 23.5 Å². The van der Waals surface area contributed by atoms with E-state index in [2.05, 4.69) is 0 Å². The molecular weight excluding hydrogens is 412 g/mol. The molecule has 3 N–H and O–H groups in total. The maximum absolute atomic E-state index is 12.7. The first-order valence-corrected chi connectivity index (χ1v) is 10.9. The molecule has 2 heterocycles. The molecule has 0 aromatic carbocycles. The molecule has 0 spiro atoms. The van der Waals surface area contributed by atoms with Crippen molar-refractivity contribution in [2.24, 2.45) is 17.1 Å². The third-order valence-corrected chi connectivity index (χ3v) is 6.29. The fraction of sp³-hybridized carbons (Fsp3) is 0.700. The van der Waals surface area contributed by atoms with Crippen LogP contribution in [0.1, 0.15) is 47.5 Å². The van der Waals surface area contributed by atoms with Gasteiger partial charge in [0.15, 0.2) is 0 Å². The molecule has 2 rings (SSSR count). The molecule has 0 aromatic rings. The van der Waals surface area contributed by atoms with Crippen LogP contribution < -0.4 is 5.73 Å². The summed E-state index contributed by atoms with van der Waals surface area (Å²) in [4.78, 5) is 49.5. The topological polar surface area (TPSA) is 136 Å². The van der Waals surface area contributed by atoms with Gasteiger partial charge in [-0.2, -0.15) is 11.8 Å². The van der Waals surface area contributed by atoms with Gasteiger partial charge in [-0.25, -0.2) is 4.79 Å². The van der Waals surface area contributed by atoms with Crippen molar-refractivity contribution in [1.82, 2.24) is 4.90 Å². The number of primary amides is 1. The van der Waals surface area contributed by atoms with E-state index in [4.69, 9.17) is 15.2 Å². The minimum absolute atomic E-state index is 0.0588. The van der Waals surface area contributed by atoms with E-state index in [0.717, 1.165) is 0 Å². The highest BCUT2D eigenvalue weighted by Gasteiger charge is 2.56. The minimum Gasteiger partial charge on any atom is -0.427 e. The normalized spacial score (nSPS) is 22.9. The summed E-state index contributed by atoms with van der Waals surface area (Å²) < 4.78 is 10.1. The zero-order valence-corrected chi connectivity index (χ0v) is 18.8. The van der Waals surface area contributed by atoms with Crippen molar-refractivity contribution in [1.29, 1.82) is 0 Å². The molecule has 10 heteroatoms. The Morgan fingerprint density at radius 2 is 1.90 bits per heavy atom. The molecule has 0 aromatic heterocycles. The molecule has 0 bridgehead atoms. The predicted molar refractivity (Wildman–Crippen MR) is 110 cm³/mol. The van der Waals surface area contributed by atoms with Crippen molar-refractivity contribution in [3.63, 3.8) is 0 Å². The van der Waals surface area contributed by atoms with Crippen LogP contribution in [-0.4, -0.2) is 63.7 Å². The van der Waals surface area contributed by atoms with E-state index in [9.17, 15) is 24.3 Å². The molecule has 168 valence electrons. The first-order valence-electron chi connectivity index (χ1n) is 9.82. The fourth-order valence-corrected chi connectivity index (χ4v) is 4.51. The lowest BCUT2D eigenvalue weighted by atomic mass is 9.83. The molecule has 30 heavy (non-hydrogen) atoms. The van der Waals surface area contributed by atoms with E-state index in [-0.39, 0.29) is 29.3 Å². The monoisotopic (exact) mass is 442 g/mol. The molecule has 2 aliphatic heterocycles. The van der Waals surface area contributed by atoms with Gasteiger partial charge in [0.25, 0.3) is 0 Å². The predicted octanol–water partition coefficient (Wildman–Crippen LogP) is 0.939. The molecule has 4 unspecified atom stereocenters. The zero-order valence-electron chi connectivity index (χ0n) is 18.0. The lowest BCUT2D eigenvalue weighted by Crippen LogP contribution is -2.61. The average molecular weight is 443 g/mol. The number of nitrogens with two attached hydrogens (primary N) is 1. The summed E-state index contributed by atoms with van der Waals surface area (Å²) >= 11 is 1.45. The number of thioether (sulfide) groups is 1. The van der Waals surface area contributed by atoms with Crippen molar-refractivity contribution < 1.29 is 33.8 Å². The molecule has 1 saturated heterocycles. The highest BCUT2D eigenvalue weighted by atomic mass is 32.2. The Labute approximate surface area is 180 Å². The van der Waals surface area contributed by atoms with Crippen LogP contribution >= 0.6 is 11.8 Å². The molecule has 0 aliphatic carbocycles. The number of amides is 2. The number of carbonyl (C=O) groups excluding carboxylic acids is 4. The smallest absolute Gasteiger partial charge is 0.357 e. The maximum atomic E-state index is 12.7. The fourth-order valence-electron chi connectivity index (χ4n) is 3.49. The number of β-lactam (4-membered cyclic amide) rings is 1. The maximum Gasteiger partial charge on any atom is 0.357 e. The van der Waals surface area contributed by atoms with Gasteiger partial charge < -0.3 is 25.2 Å². The number of fused-ring (bicyclic) bond motifs is 1.